The van der Waals surface area contributed by atoms with Crippen molar-refractivity contribution in [1.29, 1.82) is 0 Å². The number of nitrogens with one attached hydrogen (secondary N) is 2. The molecule has 0 amide bonds. The van der Waals surface area contributed by atoms with Crippen LogP contribution < -0.4 is 17.1 Å². The molecule has 0 atom stereocenters. The van der Waals surface area contributed by atoms with Crippen LogP contribution >= 0.6 is 0 Å². The largest absolute Gasteiger partial charge is 0.353 e. The second-order valence-electron chi connectivity index (χ2n) is 2.44. The summed E-state index contributed by atoms with van der Waals surface area (Å²) < 4.78 is 1.85. The number of imidazole rings is 1. The zero-order valence-electron chi connectivity index (χ0n) is 6.80. The molecule has 0 aromatic carbocycles. The second kappa shape index (κ2) is 2.83. The van der Waals surface area contributed by atoms with Crippen LogP contribution in [0.15, 0.2) is 33.1 Å². The zero-order valence-corrected chi connectivity index (χ0v) is 6.80. The topological polar surface area (TPSA) is 106 Å². The summed E-state index contributed by atoms with van der Waals surface area (Å²) in [6, 6.07) is 0. The van der Waals surface area contributed by atoms with Gasteiger partial charge in [0, 0.05) is 12.4 Å². The molecule has 2 N–H and O–H groups in total. The summed E-state index contributed by atoms with van der Waals surface area (Å²) in [5.41, 5.74) is -2.48. The Kier molecular flexibility index (Phi) is 1.67. The highest BCUT2D eigenvalue weighted by Gasteiger charge is 2.02. The van der Waals surface area contributed by atoms with Gasteiger partial charge in [0.25, 0.3) is 0 Å². The predicted molar refractivity (Wildman–Crippen MR) is 45.0 cm³/mol. The molecule has 0 aliphatic heterocycles. The Morgan fingerprint density at radius 3 is 2.29 bits per heavy atom. The quantitative estimate of drug-likeness (QED) is 0.535. The first-order chi connectivity index (χ1) is 6.68. The molecule has 2 aromatic rings. The smallest absolute Gasteiger partial charge is 0.257 e. The van der Waals surface area contributed by atoms with E-state index in [9.17, 15) is 14.4 Å². The average molecular weight is 195 g/mol. The molecule has 0 saturated heterocycles. The number of rotatable bonds is 1. The van der Waals surface area contributed by atoms with E-state index < -0.39 is 17.1 Å². The normalized spacial score (nSPS) is 10.3. The van der Waals surface area contributed by atoms with Gasteiger partial charge in [-0.15, -0.1) is 4.68 Å². The highest BCUT2D eigenvalue weighted by Crippen LogP contribution is 1.78. The van der Waals surface area contributed by atoms with Crippen molar-refractivity contribution in [3.8, 4) is 0 Å². The third-order valence-corrected chi connectivity index (χ3v) is 1.55. The zero-order chi connectivity index (χ0) is 10.1. The van der Waals surface area contributed by atoms with Gasteiger partial charge in [-0.2, -0.15) is 0 Å². The van der Waals surface area contributed by atoms with Gasteiger partial charge in [-0.3, -0.25) is 9.97 Å². The van der Waals surface area contributed by atoms with Crippen molar-refractivity contribution in [3.63, 3.8) is 0 Å². The molecule has 2 heterocycles. The van der Waals surface area contributed by atoms with Gasteiger partial charge >= 0.3 is 17.1 Å². The first kappa shape index (κ1) is 8.23. The molecular weight excluding hydrogens is 190 g/mol. The molecule has 0 saturated carbocycles. The van der Waals surface area contributed by atoms with Gasteiger partial charge in [0.15, 0.2) is 0 Å². The van der Waals surface area contributed by atoms with E-state index in [0.717, 1.165) is 4.68 Å². The number of hydrogen-bond acceptors (Lipinski definition) is 4. The number of nitrogens with zero attached hydrogens (tertiary/aromatic N) is 3. The summed E-state index contributed by atoms with van der Waals surface area (Å²) in [6.07, 6.45) is 4.06. The highest BCUT2D eigenvalue weighted by molar-refractivity contribution is 4.79. The Bertz CT molecular complexity index is 567. The highest BCUT2D eigenvalue weighted by atomic mass is 16.2. The van der Waals surface area contributed by atoms with Crippen LogP contribution in [0.25, 0.3) is 0 Å². The summed E-state index contributed by atoms with van der Waals surface area (Å²) in [6.45, 7) is 0. The molecule has 2 rings (SSSR count). The van der Waals surface area contributed by atoms with E-state index in [0.29, 0.717) is 4.68 Å². The van der Waals surface area contributed by atoms with Gasteiger partial charge in [0.2, 0.25) is 0 Å². The van der Waals surface area contributed by atoms with Gasteiger partial charge in [-0.05, 0) is 0 Å². The first-order valence-electron chi connectivity index (χ1n) is 3.63. The molecule has 0 aliphatic carbocycles. The van der Waals surface area contributed by atoms with Gasteiger partial charge in [0.1, 0.15) is 6.33 Å². The molecule has 0 spiro atoms. The van der Waals surface area contributed by atoms with Crippen LogP contribution in [0.1, 0.15) is 0 Å². The Labute approximate surface area is 75.5 Å². The minimum atomic E-state index is -0.837. The van der Waals surface area contributed by atoms with Crippen LogP contribution in [0.4, 0.5) is 0 Å². The van der Waals surface area contributed by atoms with Crippen molar-refractivity contribution in [2.45, 2.75) is 0 Å². The summed E-state index contributed by atoms with van der Waals surface area (Å²) >= 11 is 0. The maximum Gasteiger partial charge on any atom is 0.353 e. The third-order valence-electron chi connectivity index (χ3n) is 1.55. The Morgan fingerprint density at radius 1 is 1.14 bits per heavy atom. The number of aromatic amines is 2. The van der Waals surface area contributed by atoms with Crippen molar-refractivity contribution in [2.75, 3.05) is 0 Å². The molecule has 8 nitrogen and oxygen atoms in total. The maximum absolute atomic E-state index is 11.2. The van der Waals surface area contributed by atoms with Gasteiger partial charge in [0.05, 0.1) is 0 Å². The summed E-state index contributed by atoms with van der Waals surface area (Å²) in [4.78, 5) is 40.6. The lowest BCUT2D eigenvalue weighted by Gasteiger charge is -2.01. The van der Waals surface area contributed by atoms with Crippen molar-refractivity contribution < 1.29 is 0 Å². The Balaban J connectivity index is 2.84. The third kappa shape index (κ3) is 1.18. The van der Waals surface area contributed by atoms with Gasteiger partial charge < -0.3 is 0 Å². The fraction of sp³-hybridized carbons (Fsp3) is 0. The van der Waals surface area contributed by atoms with E-state index in [-0.39, 0.29) is 0 Å². The van der Waals surface area contributed by atoms with Crippen LogP contribution in [0.2, 0.25) is 0 Å². The molecule has 0 aliphatic rings. The van der Waals surface area contributed by atoms with Gasteiger partial charge in [-0.25, -0.2) is 24.0 Å². The summed E-state index contributed by atoms with van der Waals surface area (Å²) in [5.74, 6) is 0. The van der Waals surface area contributed by atoms with Crippen LogP contribution in [-0.4, -0.2) is 24.3 Å². The van der Waals surface area contributed by atoms with E-state index in [1.165, 1.54) is 18.7 Å². The van der Waals surface area contributed by atoms with Crippen LogP contribution in [0.5, 0.6) is 0 Å². The van der Waals surface area contributed by atoms with E-state index >= 15 is 0 Å². The van der Waals surface area contributed by atoms with Crippen molar-refractivity contribution in [1.82, 2.24) is 24.3 Å². The minimum absolute atomic E-state index is 0.703. The van der Waals surface area contributed by atoms with Crippen molar-refractivity contribution >= 4 is 0 Å². The van der Waals surface area contributed by atoms with Crippen molar-refractivity contribution in [2.24, 2.45) is 0 Å². The lowest BCUT2D eigenvalue weighted by atomic mass is 10.9. The first-order valence-corrected chi connectivity index (χ1v) is 3.63. The fourth-order valence-corrected chi connectivity index (χ4v) is 1.00. The molecule has 0 unspecified atom stereocenters. The maximum atomic E-state index is 11.2. The van der Waals surface area contributed by atoms with E-state index in [2.05, 4.69) is 4.98 Å². The lowest BCUT2D eigenvalue weighted by Crippen LogP contribution is -2.45. The van der Waals surface area contributed by atoms with E-state index in [1.807, 2.05) is 9.97 Å². The summed E-state index contributed by atoms with van der Waals surface area (Å²) in [5, 5.41) is 0. The Morgan fingerprint density at radius 2 is 1.79 bits per heavy atom. The molecule has 0 bridgehead atoms. The van der Waals surface area contributed by atoms with Gasteiger partial charge in [-0.1, -0.05) is 0 Å². The van der Waals surface area contributed by atoms with E-state index in [4.69, 9.17) is 0 Å². The fourth-order valence-electron chi connectivity index (χ4n) is 1.00. The lowest BCUT2D eigenvalue weighted by molar-refractivity contribution is 0.558. The number of H-pyrrole nitrogens is 2. The molecule has 0 radical (unpaired) electrons. The molecule has 2 aromatic heterocycles. The SMILES string of the molecule is O=c1[nH]c(=O)n(-n2ccnc2)c(=O)[nH]1. The molecule has 14 heavy (non-hydrogen) atoms. The van der Waals surface area contributed by atoms with Crippen LogP contribution in [0.3, 0.4) is 0 Å². The Hall–Kier alpha value is -2.38. The minimum Gasteiger partial charge on any atom is -0.257 e. The van der Waals surface area contributed by atoms with Crippen LogP contribution in [0, 0.1) is 0 Å². The monoisotopic (exact) mass is 195 g/mol. The second-order valence-corrected chi connectivity index (χ2v) is 2.44. The standard InChI is InChI=1S/C6H5N5O3/c12-4-8-5(13)11(6(14)9-4)10-2-1-7-3-10/h1-3H,(H2,8,9,12,13,14). The molecule has 0 fully saturated rings. The molecule has 8 heteroatoms. The number of aromatic nitrogens is 5. The molecule has 72 valence electrons. The van der Waals surface area contributed by atoms with E-state index in [1.54, 1.807) is 0 Å². The predicted octanol–water partition coefficient (Wildman–Crippen LogP) is -2.27. The summed E-state index contributed by atoms with van der Waals surface area (Å²) in [7, 11) is 0. The van der Waals surface area contributed by atoms with Crippen molar-refractivity contribution in [3.05, 3.63) is 50.2 Å². The average Bonchev–Trinajstić information content (AvgIpc) is 2.54. The number of hydrogen-bond donors (Lipinski definition) is 2. The van der Waals surface area contributed by atoms with Crippen LogP contribution in [-0.2, 0) is 0 Å². The molecular formula is C6H5N5O3.